The van der Waals surface area contributed by atoms with Gasteiger partial charge >= 0.3 is 6.03 Å². The summed E-state index contributed by atoms with van der Waals surface area (Å²) in [5, 5.41) is 3.80. The second-order valence-corrected chi connectivity index (χ2v) is 11.8. The van der Waals surface area contributed by atoms with Gasteiger partial charge in [0.05, 0.1) is 18.0 Å². The van der Waals surface area contributed by atoms with Crippen LogP contribution in [-0.2, 0) is 42.0 Å². The minimum absolute atomic E-state index is 0.113. The molecule has 0 spiro atoms. The molecule has 2 N–H and O–H groups in total. The zero-order valence-electron chi connectivity index (χ0n) is 21.2. The van der Waals surface area contributed by atoms with Crippen molar-refractivity contribution >= 4 is 32.5 Å². The van der Waals surface area contributed by atoms with Crippen LogP contribution in [0.5, 0.6) is 0 Å². The second kappa shape index (κ2) is 9.55. The Kier molecular flexibility index (Phi) is 6.41. The third-order valence-corrected chi connectivity index (χ3v) is 7.71. The van der Waals surface area contributed by atoms with E-state index >= 15 is 0 Å². The van der Waals surface area contributed by atoms with Gasteiger partial charge in [0.15, 0.2) is 9.84 Å². The lowest BCUT2D eigenvalue weighted by Crippen LogP contribution is -2.40. The number of carbonyl (C=O) groups is 1. The largest absolute Gasteiger partial charge is 0.356 e. The number of aromatic nitrogens is 2. The summed E-state index contributed by atoms with van der Waals surface area (Å²) < 4.78 is 25.5. The lowest BCUT2D eigenvalue weighted by Gasteiger charge is -2.24. The molecule has 9 heteroatoms. The average molecular weight is 519 g/mol. The maximum Gasteiger partial charge on any atom is 0.322 e. The number of H-pyrrole nitrogens is 1. The van der Waals surface area contributed by atoms with Crippen LogP contribution in [0.1, 0.15) is 29.2 Å². The molecule has 4 aromatic rings. The van der Waals surface area contributed by atoms with Crippen LogP contribution in [0.3, 0.4) is 0 Å². The summed E-state index contributed by atoms with van der Waals surface area (Å²) in [6.45, 7) is 2.86. The smallest absolute Gasteiger partial charge is 0.322 e. The Balaban J connectivity index is 1.51. The number of hydrogen-bond acceptors (Lipinski definition) is 4. The fourth-order valence-electron chi connectivity index (χ4n) is 4.98. The van der Waals surface area contributed by atoms with Crippen LogP contribution in [0.2, 0.25) is 0 Å². The summed E-state index contributed by atoms with van der Waals surface area (Å²) >= 11 is 0. The van der Waals surface area contributed by atoms with E-state index in [1.165, 1.54) is 16.4 Å². The minimum atomic E-state index is -3.26. The molecule has 0 atom stereocenters. The van der Waals surface area contributed by atoms with E-state index in [1.807, 2.05) is 6.07 Å². The van der Waals surface area contributed by atoms with Gasteiger partial charge in [-0.3, -0.25) is 9.69 Å². The summed E-state index contributed by atoms with van der Waals surface area (Å²) in [6, 6.07) is 13.5. The Bertz CT molecular complexity index is 1670. The highest BCUT2D eigenvalue weighted by Gasteiger charge is 2.28. The van der Waals surface area contributed by atoms with Crippen molar-refractivity contribution in [3.63, 3.8) is 0 Å². The van der Waals surface area contributed by atoms with Gasteiger partial charge in [-0.15, -0.1) is 0 Å². The molecule has 1 aliphatic rings. The molecule has 5 rings (SSSR count). The van der Waals surface area contributed by atoms with E-state index < -0.39 is 9.84 Å². The standard InChI is InChI=1S/C28H30N4O4S/c1-4-18-5-7-19(8-6-18)11-12-29-28(34)32-15-21-14-30-26-25(21)23(16-31(2)27(26)33)22-13-20(9-10-24(22)32)17-37(3,35)36/h5-10,13-14,16,30H,4,11-12,15,17H2,1-3H3,(H,29,34). The van der Waals surface area contributed by atoms with E-state index in [0.29, 0.717) is 35.3 Å². The number of sulfone groups is 1. The van der Waals surface area contributed by atoms with Gasteiger partial charge in [-0.1, -0.05) is 37.3 Å². The Morgan fingerprint density at radius 3 is 2.46 bits per heavy atom. The molecule has 2 aromatic heterocycles. The highest BCUT2D eigenvalue weighted by Crippen LogP contribution is 2.41. The predicted octanol–water partition coefficient (Wildman–Crippen LogP) is 3.91. The van der Waals surface area contributed by atoms with Crippen LogP contribution in [0.4, 0.5) is 10.5 Å². The van der Waals surface area contributed by atoms with E-state index in [-0.39, 0.29) is 23.9 Å². The average Bonchev–Trinajstić information content (AvgIpc) is 3.23. The number of anilines is 1. The monoisotopic (exact) mass is 518 g/mol. The molecule has 0 saturated heterocycles. The van der Waals surface area contributed by atoms with Crippen LogP contribution in [0, 0.1) is 0 Å². The van der Waals surface area contributed by atoms with E-state index in [4.69, 9.17) is 0 Å². The van der Waals surface area contributed by atoms with Crippen molar-refractivity contribution in [1.82, 2.24) is 14.9 Å². The predicted molar refractivity (Wildman–Crippen MR) is 147 cm³/mol. The molecule has 3 heterocycles. The summed E-state index contributed by atoms with van der Waals surface area (Å²) in [5.41, 5.74) is 6.34. The van der Waals surface area contributed by atoms with Crippen LogP contribution < -0.4 is 15.8 Å². The maximum atomic E-state index is 13.5. The highest BCUT2D eigenvalue weighted by atomic mass is 32.2. The summed E-state index contributed by atoms with van der Waals surface area (Å²) in [5.74, 6) is -0.113. The molecular formula is C28H30N4O4S. The Morgan fingerprint density at radius 1 is 1.05 bits per heavy atom. The molecule has 0 radical (unpaired) electrons. The van der Waals surface area contributed by atoms with Crippen molar-refractivity contribution in [2.45, 2.75) is 32.1 Å². The van der Waals surface area contributed by atoms with Gasteiger partial charge in [0.25, 0.3) is 5.56 Å². The zero-order valence-corrected chi connectivity index (χ0v) is 22.0. The molecule has 0 fully saturated rings. The van der Waals surface area contributed by atoms with Gasteiger partial charge < -0.3 is 14.9 Å². The quantitative estimate of drug-likeness (QED) is 0.404. The molecule has 2 amide bonds. The molecule has 37 heavy (non-hydrogen) atoms. The number of aryl methyl sites for hydroxylation is 2. The SMILES string of the molecule is CCc1ccc(CCNC(=O)N2Cc3c[nH]c4c(=O)n(C)cc(c34)-c3cc(CS(C)(=O)=O)ccc32)cc1. The molecule has 192 valence electrons. The number of fused-ring (bicyclic) bond motifs is 2. The topological polar surface area (TPSA) is 104 Å². The van der Waals surface area contributed by atoms with Gasteiger partial charge in [-0.25, -0.2) is 13.2 Å². The minimum Gasteiger partial charge on any atom is -0.356 e. The Labute approximate surface area is 215 Å². The van der Waals surface area contributed by atoms with Gasteiger partial charge in [0.1, 0.15) is 5.52 Å². The van der Waals surface area contributed by atoms with E-state index in [0.717, 1.165) is 28.5 Å². The number of hydrogen-bond donors (Lipinski definition) is 2. The number of benzene rings is 2. The van der Waals surface area contributed by atoms with Crippen LogP contribution in [0.25, 0.3) is 22.0 Å². The first kappa shape index (κ1) is 24.8. The van der Waals surface area contributed by atoms with Gasteiger partial charge in [0.2, 0.25) is 0 Å². The van der Waals surface area contributed by atoms with Crippen LogP contribution in [0.15, 0.2) is 59.7 Å². The first-order valence-corrected chi connectivity index (χ1v) is 14.3. The lowest BCUT2D eigenvalue weighted by molar-refractivity contribution is 0.246. The zero-order chi connectivity index (χ0) is 26.3. The van der Waals surface area contributed by atoms with Crippen LogP contribution in [-0.4, -0.2) is 36.8 Å². The van der Waals surface area contributed by atoms with Crippen LogP contribution >= 0.6 is 0 Å². The number of rotatable bonds is 6. The molecular weight excluding hydrogens is 488 g/mol. The number of urea groups is 1. The molecule has 0 bridgehead atoms. The summed E-state index contributed by atoms with van der Waals surface area (Å²) in [4.78, 5) is 31.0. The van der Waals surface area contributed by atoms with Crippen molar-refractivity contribution in [3.8, 4) is 11.1 Å². The Hall–Kier alpha value is -3.85. The molecule has 0 aliphatic carbocycles. The number of carbonyl (C=O) groups excluding carboxylic acids is 1. The molecule has 0 saturated carbocycles. The van der Waals surface area contributed by atoms with Crippen molar-refractivity contribution < 1.29 is 13.2 Å². The van der Waals surface area contributed by atoms with E-state index in [1.54, 1.807) is 36.5 Å². The van der Waals surface area contributed by atoms with Gasteiger partial charge in [0, 0.05) is 48.8 Å². The molecule has 1 aliphatic heterocycles. The molecule has 0 unspecified atom stereocenters. The first-order chi connectivity index (χ1) is 17.6. The van der Waals surface area contributed by atoms with Crippen molar-refractivity contribution in [2.75, 3.05) is 17.7 Å². The highest BCUT2D eigenvalue weighted by molar-refractivity contribution is 7.89. The van der Waals surface area contributed by atoms with Gasteiger partial charge in [-0.05, 0) is 47.2 Å². The Morgan fingerprint density at radius 2 is 1.76 bits per heavy atom. The van der Waals surface area contributed by atoms with Crippen molar-refractivity contribution in [1.29, 1.82) is 0 Å². The second-order valence-electron chi connectivity index (χ2n) is 9.68. The van der Waals surface area contributed by atoms with Crippen molar-refractivity contribution in [2.24, 2.45) is 7.05 Å². The number of amides is 2. The van der Waals surface area contributed by atoms with Crippen molar-refractivity contribution in [3.05, 3.63) is 87.5 Å². The summed E-state index contributed by atoms with van der Waals surface area (Å²) in [6.07, 6.45) is 6.41. The maximum absolute atomic E-state index is 13.5. The number of aromatic amines is 1. The third kappa shape index (κ3) is 4.91. The third-order valence-electron chi connectivity index (χ3n) is 6.85. The molecule has 2 aromatic carbocycles. The fraction of sp³-hybridized carbons (Fsp3) is 0.286. The normalized spacial score (nSPS) is 12.9. The lowest BCUT2D eigenvalue weighted by atomic mass is 9.99. The number of nitrogens with zero attached hydrogens (tertiary/aromatic N) is 2. The number of nitrogens with one attached hydrogen (secondary N) is 2. The molecule has 8 nitrogen and oxygen atoms in total. The first-order valence-electron chi connectivity index (χ1n) is 12.3. The van der Waals surface area contributed by atoms with E-state index in [2.05, 4.69) is 41.5 Å². The van der Waals surface area contributed by atoms with Gasteiger partial charge in [-0.2, -0.15) is 0 Å². The summed E-state index contributed by atoms with van der Waals surface area (Å²) in [7, 11) is -1.57. The number of pyridine rings is 1. The van der Waals surface area contributed by atoms with E-state index in [9.17, 15) is 18.0 Å². The fourth-order valence-corrected chi connectivity index (χ4v) is 5.76.